The Kier molecular flexibility index (Phi) is 7.69. The summed E-state index contributed by atoms with van der Waals surface area (Å²) < 4.78 is 0. The molecule has 62 valence electrons. The van der Waals surface area contributed by atoms with Crippen LogP contribution in [0.3, 0.4) is 0 Å². The molecular weight excluding hydrogens is 227 g/mol. The Morgan fingerprint density at radius 2 is 1.64 bits per heavy atom. The fourth-order valence-electron chi connectivity index (χ4n) is 0.673. The zero-order valence-electron chi connectivity index (χ0n) is 6.11. The van der Waals surface area contributed by atoms with Crippen molar-refractivity contribution in [3.8, 4) is 0 Å². The second-order valence-electron chi connectivity index (χ2n) is 1.92. The third-order valence-corrected chi connectivity index (χ3v) is 1.18. The topological polar surface area (TPSA) is 17.1 Å². The van der Waals surface area contributed by atoms with Crippen LogP contribution < -0.4 is 0 Å². The van der Waals surface area contributed by atoms with Crippen LogP contribution >= 0.6 is 29.4 Å². The molecule has 1 nitrogen and oxygen atoms in total. The summed E-state index contributed by atoms with van der Waals surface area (Å²) >= 11 is 0. The summed E-state index contributed by atoms with van der Waals surface area (Å²) in [5.41, 5.74) is 0.775. The van der Waals surface area contributed by atoms with Crippen LogP contribution in [0.15, 0.2) is 30.3 Å². The van der Waals surface area contributed by atoms with Crippen LogP contribution in [0.5, 0.6) is 0 Å². The van der Waals surface area contributed by atoms with Gasteiger partial charge in [0.25, 0.3) is 0 Å². The van der Waals surface area contributed by atoms with E-state index in [1.54, 1.807) is 6.92 Å². The summed E-state index contributed by atoms with van der Waals surface area (Å²) in [5.74, 6) is 0.121. The van der Waals surface area contributed by atoms with E-state index >= 15 is 0 Å². The SMILES string of the molecule is Br.CC(=O)c1ccccc1.Cl. The molecule has 0 aromatic heterocycles. The fourth-order valence-corrected chi connectivity index (χ4v) is 0.673. The molecule has 0 aliphatic carbocycles. The van der Waals surface area contributed by atoms with Crippen molar-refractivity contribution in [3.05, 3.63) is 35.9 Å². The molecule has 0 saturated carbocycles. The summed E-state index contributed by atoms with van der Waals surface area (Å²) in [7, 11) is 0. The third-order valence-electron chi connectivity index (χ3n) is 1.18. The standard InChI is InChI=1S/C8H8O.BrH.ClH/c1-7(9)8-5-3-2-4-6-8;;/h2-6H,1H3;2*1H. The van der Waals surface area contributed by atoms with Gasteiger partial charge in [-0.05, 0) is 6.92 Å². The largest absolute Gasteiger partial charge is 0.295 e. The molecule has 0 bridgehead atoms. The Labute approximate surface area is 83.0 Å². The van der Waals surface area contributed by atoms with E-state index in [4.69, 9.17) is 0 Å². The van der Waals surface area contributed by atoms with E-state index in [0.29, 0.717) is 0 Å². The van der Waals surface area contributed by atoms with Crippen LogP contribution in [-0.4, -0.2) is 5.78 Å². The summed E-state index contributed by atoms with van der Waals surface area (Å²) in [5, 5.41) is 0. The molecule has 1 aromatic carbocycles. The summed E-state index contributed by atoms with van der Waals surface area (Å²) in [6.07, 6.45) is 0. The van der Waals surface area contributed by atoms with Crippen molar-refractivity contribution in [3.63, 3.8) is 0 Å². The van der Waals surface area contributed by atoms with Gasteiger partial charge in [-0.3, -0.25) is 4.79 Å². The second-order valence-corrected chi connectivity index (χ2v) is 1.92. The molecule has 11 heavy (non-hydrogen) atoms. The molecule has 0 aliphatic heterocycles. The molecule has 0 spiro atoms. The van der Waals surface area contributed by atoms with Gasteiger partial charge in [0.1, 0.15) is 0 Å². The number of carbonyl (C=O) groups excluding carboxylic acids is 1. The van der Waals surface area contributed by atoms with E-state index in [2.05, 4.69) is 0 Å². The number of benzene rings is 1. The predicted molar refractivity (Wildman–Crippen MR) is 54.0 cm³/mol. The molecule has 1 aromatic rings. The van der Waals surface area contributed by atoms with E-state index in [-0.39, 0.29) is 35.2 Å². The smallest absolute Gasteiger partial charge is 0.159 e. The number of halogens is 2. The van der Waals surface area contributed by atoms with Crippen molar-refractivity contribution in [2.45, 2.75) is 6.92 Å². The molecular formula is C8H10BrClO. The number of hydrogen-bond acceptors (Lipinski definition) is 1. The minimum atomic E-state index is 0. The quantitative estimate of drug-likeness (QED) is 0.687. The van der Waals surface area contributed by atoms with Gasteiger partial charge in [0.05, 0.1) is 0 Å². The first-order chi connectivity index (χ1) is 4.30. The minimum absolute atomic E-state index is 0. The minimum Gasteiger partial charge on any atom is -0.295 e. The van der Waals surface area contributed by atoms with Gasteiger partial charge in [-0.2, -0.15) is 0 Å². The van der Waals surface area contributed by atoms with Crippen molar-refractivity contribution in [2.24, 2.45) is 0 Å². The first-order valence-electron chi connectivity index (χ1n) is 2.86. The number of ketones is 1. The first-order valence-corrected chi connectivity index (χ1v) is 2.86. The van der Waals surface area contributed by atoms with Crippen LogP contribution in [-0.2, 0) is 0 Å². The molecule has 0 fully saturated rings. The van der Waals surface area contributed by atoms with Crippen molar-refractivity contribution in [1.82, 2.24) is 0 Å². The number of Topliss-reactive ketones (excluding diaryl/α,β-unsaturated/α-hetero) is 1. The monoisotopic (exact) mass is 236 g/mol. The van der Waals surface area contributed by atoms with Crippen molar-refractivity contribution in [2.75, 3.05) is 0 Å². The average Bonchev–Trinajstić information content (AvgIpc) is 1.90. The Bertz CT molecular complexity index is 211. The van der Waals surface area contributed by atoms with Crippen LogP contribution in [0.4, 0.5) is 0 Å². The lowest BCUT2D eigenvalue weighted by Gasteiger charge is -1.89. The van der Waals surface area contributed by atoms with E-state index in [1.807, 2.05) is 30.3 Å². The molecule has 1 rings (SSSR count). The Morgan fingerprint density at radius 1 is 1.18 bits per heavy atom. The van der Waals surface area contributed by atoms with Gasteiger partial charge in [0, 0.05) is 5.56 Å². The lowest BCUT2D eigenvalue weighted by Crippen LogP contribution is -1.88. The predicted octanol–water partition coefficient (Wildman–Crippen LogP) is 2.89. The van der Waals surface area contributed by atoms with Crippen LogP contribution in [0.25, 0.3) is 0 Å². The lowest BCUT2D eigenvalue weighted by molar-refractivity contribution is 0.101. The second kappa shape index (κ2) is 6.38. The highest BCUT2D eigenvalue weighted by Gasteiger charge is 1.92. The van der Waals surface area contributed by atoms with Crippen LogP contribution in [0.2, 0.25) is 0 Å². The first kappa shape index (κ1) is 13.3. The zero-order valence-corrected chi connectivity index (χ0v) is 8.64. The van der Waals surface area contributed by atoms with Gasteiger partial charge in [-0.25, -0.2) is 0 Å². The molecule has 3 heteroatoms. The third kappa shape index (κ3) is 4.17. The maximum absolute atomic E-state index is 10.6. The Hall–Kier alpha value is -0.340. The average molecular weight is 238 g/mol. The molecule has 0 unspecified atom stereocenters. The molecule has 0 saturated heterocycles. The normalized spacial score (nSPS) is 7.36. The summed E-state index contributed by atoms with van der Waals surface area (Å²) in [4.78, 5) is 10.6. The van der Waals surface area contributed by atoms with Crippen molar-refractivity contribution >= 4 is 35.2 Å². The Balaban J connectivity index is 0. The summed E-state index contributed by atoms with van der Waals surface area (Å²) in [6.45, 7) is 1.56. The van der Waals surface area contributed by atoms with E-state index in [1.165, 1.54) is 0 Å². The van der Waals surface area contributed by atoms with Crippen molar-refractivity contribution < 1.29 is 4.79 Å². The van der Waals surface area contributed by atoms with Gasteiger partial charge < -0.3 is 0 Å². The van der Waals surface area contributed by atoms with Gasteiger partial charge >= 0.3 is 0 Å². The highest BCUT2D eigenvalue weighted by atomic mass is 79.9. The molecule has 0 atom stereocenters. The van der Waals surface area contributed by atoms with E-state index in [9.17, 15) is 4.79 Å². The van der Waals surface area contributed by atoms with Gasteiger partial charge in [0.15, 0.2) is 5.78 Å². The lowest BCUT2D eigenvalue weighted by atomic mass is 10.2. The van der Waals surface area contributed by atoms with Gasteiger partial charge in [-0.1, -0.05) is 30.3 Å². The zero-order chi connectivity index (χ0) is 6.69. The molecule has 0 aliphatic rings. The Morgan fingerprint density at radius 3 is 1.91 bits per heavy atom. The van der Waals surface area contributed by atoms with Crippen LogP contribution in [0.1, 0.15) is 17.3 Å². The number of hydrogen-bond donors (Lipinski definition) is 0. The highest BCUT2D eigenvalue weighted by molar-refractivity contribution is 8.93. The van der Waals surface area contributed by atoms with Crippen molar-refractivity contribution in [1.29, 1.82) is 0 Å². The molecule has 0 heterocycles. The van der Waals surface area contributed by atoms with E-state index in [0.717, 1.165) is 5.56 Å². The highest BCUT2D eigenvalue weighted by Crippen LogP contribution is 1.97. The summed E-state index contributed by atoms with van der Waals surface area (Å²) in [6, 6.07) is 9.23. The maximum Gasteiger partial charge on any atom is 0.159 e. The van der Waals surface area contributed by atoms with Crippen LogP contribution in [0, 0.1) is 0 Å². The molecule has 0 amide bonds. The fraction of sp³-hybridized carbons (Fsp3) is 0.125. The number of rotatable bonds is 1. The van der Waals surface area contributed by atoms with E-state index < -0.39 is 0 Å². The van der Waals surface area contributed by atoms with Gasteiger partial charge in [-0.15, -0.1) is 29.4 Å². The number of carbonyl (C=O) groups is 1. The van der Waals surface area contributed by atoms with Gasteiger partial charge in [0.2, 0.25) is 0 Å². The molecule has 0 radical (unpaired) electrons. The molecule has 0 N–H and O–H groups in total. The maximum atomic E-state index is 10.6.